The average Bonchev–Trinajstić information content (AvgIpc) is 2.68. The first kappa shape index (κ1) is 20.8. The van der Waals surface area contributed by atoms with Crippen molar-refractivity contribution in [2.24, 2.45) is 0 Å². The molecule has 1 aromatic carbocycles. The van der Waals surface area contributed by atoms with Crippen molar-refractivity contribution >= 4 is 22.8 Å². The molecule has 0 radical (unpaired) electrons. The molecule has 6 heteroatoms. The van der Waals surface area contributed by atoms with E-state index in [9.17, 15) is 19.8 Å². The van der Waals surface area contributed by atoms with Crippen molar-refractivity contribution in [1.29, 1.82) is 0 Å². The van der Waals surface area contributed by atoms with Crippen LogP contribution in [0.15, 0.2) is 61.9 Å². The number of aromatic hydroxyl groups is 1. The van der Waals surface area contributed by atoms with E-state index in [-0.39, 0.29) is 39.5 Å². The predicted molar refractivity (Wildman–Crippen MR) is 110 cm³/mol. The van der Waals surface area contributed by atoms with Gasteiger partial charge in [0.15, 0.2) is 0 Å². The number of aliphatic hydroxyl groups excluding tert-OH is 1. The average molecular weight is 382 g/mol. The van der Waals surface area contributed by atoms with Gasteiger partial charge in [-0.1, -0.05) is 46.1 Å². The predicted octanol–water partition coefficient (Wildman–Crippen LogP) is 4.80. The van der Waals surface area contributed by atoms with Crippen LogP contribution in [0.4, 0.5) is 0 Å². The lowest BCUT2D eigenvalue weighted by atomic mass is 9.92. The first-order valence-electron chi connectivity index (χ1n) is 8.78. The molecule has 0 fully saturated rings. The number of fused-ring (bicyclic) bond motifs is 1. The Morgan fingerprint density at radius 1 is 1.14 bits per heavy atom. The summed E-state index contributed by atoms with van der Waals surface area (Å²) in [6.07, 6.45) is 1.27. The number of aliphatic hydroxyl groups is 1. The normalized spacial score (nSPS) is 11.4. The highest BCUT2D eigenvalue weighted by atomic mass is 16.4. The molecule has 0 bridgehead atoms. The van der Waals surface area contributed by atoms with E-state index in [1.54, 1.807) is 31.2 Å². The Labute approximate surface area is 161 Å². The summed E-state index contributed by atoms with van der Waals surface area (Å²) in [6, 6.07) is 7.90. The van der Waals surface area contributed by atoms with Gasteiger partial charge >= 0.3 is 11.3 Å². The van der Waals surface area contributed by atoms with E-state index in [1.807, 2.05) is 13.8 Å². The zero-order valence-electron chi connectivity index (χ0n) is 16.0. The van der Waals surface area contributed by atoms with Crippen molar-refractivity contribution < 1.29 is 19.0 Å². The van der Waals surface area contributed by atoms with Gasteiger partial charge in [0.25, 0.3) is 0 Å². The van der Waals surface area contributed by atoms with Gasteiger partial charge in [-0.3, -0.25) is 0 Å². The Bertz CT molecular complexity index is 1150. The molecule has 0 amide bonds. The topological polar surface area (TPSA) is 101 Å². The fourth-order valence-corrected chi connectivity index (χ4v) is 2.86. The summed E-state index contributed by atoms with van der Waals surface area (Å²) in [7, 11) is 0. The largest absolute Gasteiger partial charge is 0.508 e. The maximum atomic E-state index is 12.4. The molecule has 2 heterocycles. The Balaban J connectivity index is 0.00000136. The molecular weight excluding hydrogens is 360 g/mol. The Hall–Kier alpha value is -3.54. The Morgan fingerprint density at radius 2 is 1.79 bits per heavy atom. The van der Waals surface area contributed by atoms with Crippen LogP contribution in [-0.4, -0.2) is 10.2 Å². The van der Waals surface area contributed by atoms with Crippen LogP contribution in [0.2, 0.25) is 0 Å². The molecule has 28 heavy (non-hydrogen) atoms. The number of hydrogen-bond donors (Lipinski definition) is 2. The lowest BCUT2D eigenvalue weighted by Gasteiger charge is -2.14. The molecule has 0 aliphatic carbocycles. The van der Waals surface area contributed by atoms with Crippen LogP contribution in [0.3, 0.4) is 0 Å². The van der Waals surface area contributed by atoms with Crippen LogP contribution >= 0.6 is 0 Å². The third-order valence-corrected chi connectivity index (χ3v) is 4.22. The van der Waals surface area contributed by atoms with Crippen molar-refractivity contribution in [2.45, 2.75) is 26.7 Å². The summed E-state index contributed by atoms with van der Waals surface area (Å²) < 4.78 is 10.4. The van der Waals surface area contributed by atoms with Gasteiger partial charge in [-0.15, -0.1) is 0 Å². The van der Waals surface area contributed by atoms with Gasteiger partial charge < -0.3 is 19.0 Å². The van der Waals surface area contributed by atoms with Crippen LogP contribution < -0.4 is 11.3 Å². The molecule has 3 aromatic rings. The number of para-hydroxylation sites is 1. The summed E-state index contributed by atoms with van der Waals surface area (Å²) in [6.45, 7) is 12.5. The number of rotatable bonds is 4. The molecule has 1 atom stereocenters. The minimum Gasteiger partial charge on any atom is -0.508 e. The molecule has 2 N–H and O–H groups in total. The van der Waals surface area contributed by atoms with Gasteiger partial charge in [0.2, 0.25) is 0 Å². The van der Waals surface area contributed by atoms with E-state index in [2.05, 4.69) is 13.2 Å². The minimum absolute atomic E-state index is 0.0632. The summed E-state index contributed by atoms with van der Waals surface area (Å²) >= 11 is 0. The first-order valence-corrected chi connectivity index (χ1v) is 8.78. The van der Waals surface area contributed by atoms with Crippen LogP contribution in [0.25, 0.3) is 22.8 Å². The summed E-state index contributed by atoms with van der Waals surface area (Å²) in [4.78, 5) is 24.7. The van der Waals surface area contributed by atoms with E-state index in [1.165, 1.54) is 12.1 Å². The number of benzene rings is 1. The van der Waals surface area contributed by atoms with Crippen LogP contribution in [0.5, 0.6) is 5.75 Å². The van der Waals surface area contributed by atoms with Crippen LogP contribution in [-0.2, 0) is 0 Å². The summed E-state index contributed by atoms with van der Waals surface area (Å²) in [5, 5.41) is 20.6. The second kappa shape index (κ2) is 8.43. The van der Waals surface area contributed by atoms with E-state index >= 15 is 0 Å². The van der Waals surface area contributed by atoms with E-state index < -0.39 is 17.2 Å². The lowest BCUT2D eigenvalue weighted by Crippen LogP contribution is -2.19. The molecule has 3 rings (SSSR count). The first-order chi connectivity index (χ1) is 13.3. The molecule has 1 unspecified atom stereocenters. The van der Waals surface area contributed by atoms with Crippen molar-refractivity contribution in [3.05, 3.63) is 86.8 Å². The van der Waals surface area contributed by atoms with E-state index in [0.717, 1.165) is 0 Å². The lowest BCUT2D eigenvalue weighted by molar-refractivity contribution is 0.448. The Morgan fingerprint density at radius 3 is 2.39 bits per heavy atom. The standard InChI is InChI=1S/C20H16O6.C2H6/c1-4-15-14(11(3)21)9-13(19(23)25-15)10(2)17-18(22)12-7-5-6-8-16(12)26-20(17)24;1-2/h4-10,21-22H,1,3H2,2H3;1-2H3. The van der Waals surface area contributed by atoms with Crippen molar-refractivity contribution in [1.82, 2.24) is 0 Å². The monoisotopic (exact) mass is 382 g/mol. The highest BCUT2D eigenvalue weighted by Gasteiger charge is 2.25. The SMILES string of the molecule is C=Cc1oc(=O)c(C(C)c2c(O)c3ccccc3oc2=O)cc1C(=C)O.CC. The molecular formula is C22H22O6. The summed E-state index contributed by atoms with van der Waals surface area (Å²) in [5.74, 6) is -1.36. The van der Waals surface area contributed by atoms with Gasteiger partial charge in [0.05, 0.1) is 16.5 Å². The third-order valence-electron chi connectivity index (χ3n) is 4.22. The molecule has 2 aromatic heterocycles. The maximum absolute atomic E-state index is 12.4. The van der Waals surface area contributed by atoms with Gasteiger partial charge in [-0.05, 0) is 24.3 Å². The fourth-order valence-electron chi connectivity index (χ4n) is 2.86. The highest BCUT2D eigenvalue weighted by Crippen LogP contribution is 2.33. The zero-order valence-corrected chi connectivity index (χ0v) is 16.0. The van der Waals surface area contributed by atoms with Crippen molar-refractivity contribution in [2.75, 3.05) is 0 Å². The fraction of sp³-hybridized carbons (Fsp3) is 0.182. The molecule has 146 valence electrons. The van der Waals surface area contributed by atoms with Crippen LogP contribution in [0.1, 0.15) is 49.1 Å². The smallest absolute Gasteiger partial charge is 0.343 e. The second-order valence-electron chi connectivity index (χ2n) is 5.79. The quantitative estimate of drug-likeness (QED) is 0.496. The van der Waals surface area contributed by atoms with Gasteiger partial charge in [0.1, 0.15) is 22.9 Å². The van der Waals surface area contributed by atoms with Gasteiger partial charge in [-0.25, -0.2) is 9.59 Å². The highest BCUT2D eigenvalue weighted by molar-refractivity contribution is 5.84. The molecule has 6 nitrogen and oxygen atoms in total. The van der Waals surface area contributed by atoms with Gasteiger partial charge in [-0.2, -0.15) is 0 Å². The molecule has 0 spiro atoms. The zero-order chi connectivity index (χ0) is 21.0. The van der Waals surface area contributed by atoms with Crippen molar-refractivity contribution in [3.8, 4) is 5.75 Å². The number of hydrogen-bond acceptors (Lipinski definition) is 6. The second-order valence-corrected chi connectivity index (χ2v) is 5.79. The molecule has 0 saturated heterocycles. The summed E-state index contributed by atoms with van der Waals surface area (Å²) in [5.41, 5.74) is -1.07. The molecule has 0 saturated carbocycles. The van der Waals surface area contributed by atoms with Crippen molar-refractivity contribution in [3.63, 3.8) is 0 Å². The minimum atomic E-state index is -0.843. The van der Waals surface area contributed by atoms with E-state index in [0.29, 0.717) is 5.39 Å². The molecule has 0 aliphatic rings. The maximum Gasteiger partial charge on any atom is 0.343 e. The Kier molecular flexibility index (Phi) is 6.26. The van der Waals surface area contributed by atoms with E-state index in [4.69, 9.17) is 8.83 Å². The third kappa shape index (κ3) is 3.62. The molecule has 0 aliphatic heterocycles. The van der Waals surface area contributed by atoms with Gasteiger partial charge in [0, 0.05) is 11.5 Å². The van der Waals surface area contributed by atoms with Crippen LogP contribution in [0, 0.1) is 0 Å².